The van der Waals surface area contributed by atoms with E-state index >= 15 is 0 Å². The van der Waals surface area contributed by atoms with Crippen LogP contribution in [0.3, 0.4) is 0 Å². The van der Waals surface area contributed by atoms with E-state index in [0.717, 1.165) is 23.5 Å². The van der Waals surface area contributed by atoms with Crippen molar-refractivity contribution >= 4 is 72.7 Å². The van der Waals surface area contributed by atoms with Gasteiger partial charge in [0.05, 0.1) is 5.52 Å². The van der Waals surface area contributed by atoms with Crippen molar-refractivity contribution in [2.24, 2.45) is 0 Å². The van der Waals surface area contributed by atoms with Crippen LogP contribution in [0.2, 0.25) is 0 Å². The molecular weight excluding hydrogens is 696 g/mol. The summed E-state index contributed by atoms with van der Waals surface area (Å²) in [5.41, 5.74) is 15.0. The maximum atomic E-state index is 2.48. The van der Waals surface area contributed by atoms with Gasteiger partial charge in [-0.05, 0) is 18.2 Å². The van der Waals surface area contributed by atoms with Crippen LogP contribution in [0.5, 0.6) is 0 Å². The molecule has 0 atom stereocenters. The van der Waals surface area contributed by atoms with Crippen molar-refractivity contribution in [3.05, 3.63) is 193 Å². The first kappa shape index (κ1) is 29.6. The van der Waals surface area contributed by atoms with Crippen LogP contribution in [-0.2, 0) is 6.42 Å². The topological polar surface area (TPSA) is 8.17 Å². The van der Waals surface area contributed by atoms with Crippen LogP contribution < -0.4 is 4.90 Å². The van der Waals surface area contributed by atoms with Gasteiger partial charge >= 0.3 is 214 Å². The van der Waals surface area contributed by atoms with E-state index in [1.807, 2.05) is 0 Å². The van der Waals surface area contributed by atoms with Crippen molar-refractivity contribution in [2.75, 3.05) is 4.90 Å². The van der Waals surface area contributed by atoms with Gasteiger partial charge in [-0.1, -0.05) is 60.7 Å². The minimum absolute atomic E-state index is 0.338. The van der Waals surface area contributed by atoms with Gasteiger partial charge in [0.2, 0.25) is 0 Å². The van der Waals surface area contributed by atoms with E-state index in [1.165, 1.54) is 80.2 Å². The number of rotatable bonds is 5. The summed E-state index contributed by atoms with van der Waals surface area (Å²) in [6, 6.07) is 67.3. The van der Waals surface area contributed by atoms with E-state index in [2.05, 4.69) is 191 Å². The van der Waals surface area contributed by atoms with Crippen molar-refractivity contribution in [3.63, 3.8) is 0 Å². The van der Waals surface area contributed by atoms with Crippen LogP contribution in [-0.4, -0.2) is 19.1 Å². The largest absolute Gasteiger partial charge is 0.0602 e. The Bertz CT molecular complexity index is 2990. The molecular formula is C49H32N2Se. The molecule has 1 aliphatic carbocycles. The summed E-state index contributed by atoms with van der Waals surface area (Å²) in [6.45, 7) is 0. The van der Waals surface area contributed by atoms with E-state index in [9.17, 15) is 0 Å². The summed E-state index contributed by atoms with van der Waals surface area (Å²) in [5.74, 6) is 0. The number of anilines is 3. The molecule has 1 aliphatic rings. The van der Waals surface area contributed by atoms with Crippen LogP contribution in [0.1, 0.15) is 11.1 Å². The number of aromatic nitrogens is 1. The number of nitrogens with zero attached hydrogens (tertiary/aromatic N) is 2. The van der Waals surface area contributed by atoms with E-state index in [0.29, 0.717) is 14.5 Å². The van der Waals surface area contributed by atoms with Crippen LogP contribution in [0.25, 0.3) is 69.0 Å². The first-order valence-electron chi connectivity index (χ1n) is 17.9. The third kappa shape index (κ3) is 4.57. The second kappa shape index (κ2) is 11.7. The minimum atomic E-state index is 0.338. The van der Waals surface area contributed by atoms with Crippen molar-refractivity contribution in [1.29, 1.82) is 0 Å². The molecule has 2 nitrogen and oxygen atoms in total. The fourth-order valence-corrected chi connectivity index (χ4v) is 10.8. The Morgan fingerprint density at radius 2 is 1.12 bits per heavy atom. The van der Waals surface area contributed by atoms with Crippen molar-refractivity contribution in [3.8, 4) is 27.9 Å². The Hall–Kier alpha value is -6.12. The number of hydrogen-bond donors (Lipinski definition) is 0. The zero-order chi connectivity index (χ0) is 34.2. The van der Waals surface area contributed by atoms with Crippen molar-refractivity contribution < 1.29 is 0 Å². The number of fused-ring (bicyclic) bond motifs is 9. The average Bonchev–Trinajstić information content (AvgIpc) is 3.88. The Morgan fingerprint density at radius 1 is 0.442 bits per heavy atom. The fourth-order valence-electron chi connectivity index (χ4n) is 8.44. The second-order valence-corrected chi connectivity index (χ2v) is 16.0. The zero-order valence-electron chi connectivity index (χ0n) is 28.3. The molecule has 0 bridgehead atoms. The molecule has 11 rings (SSSR count). The van der Waals surface area contributed by atoms with Gasteiger partial charge in [-0.2, -0.15) is 0 Å². The molecule has 0 aliphatic heterocycles. The number of para-hydroxylation sites is 2. The van der Waals surface area contributed by atoms with Gasteiger partial charge in [0.1, 0.15) is 0 Å². The molecule has 2 heterocycles. The number of benzene rings is 8. The van der Waals surface area contributed by atoms with Crippen LogP contribution in [0, 0.1) is 0 Å². The molecule has 0 spiro atoms. The Kier molecular flexibility index (Phi) is 6.67. The van der Waals surface area contributed by atoms with Crippen molar-refractivity contribution in [1.82, 2.24) is 4.57 Å². The quantitative estimate of drug-likeness (QED) is 0.160. The Balaban J connectivity index is 1.09. The molecule has 0 unspecified atom stereocenters. The molecule has 0 saturated carbocycles. The number of hydrogen-bond acceptors (Lipinski definition) is 1. The molecule has 0 saturated heterocycles. The SMILES string of the molecule is c1ccc(-n2c3ccccc3c3ccc(N(c4ccc(-c5ccc6c(c5)[se]c5ccccc56)cc4)c4cccc5c4Cc4ccccc4-5)cc32)cc1. The average molecular weight is 728 g/mol. The maximum Gasteiger partial charge on any atom is -0.0380 e. The van der Waals surface area contributed by atoms with Gasteiger partial charge in [0.25, 0.3) is 0 Å². The van der Waals surface area contributed by atoms with Gasteiger partial charge in [-0.15, -0.1) is 0 Å². The Morgan fingerprint density at radius 3 is 2.02 bits per heavy atom. The second-order valence-electron chi connectivity index (χ2n) is 13.7. The third-order valence-electron chi connectivity index (χ3n) is 10.8. The standard InChI is InChI=1S/C49H32N2Se/c1-2-12-35(13-3-1)51-45-18-8-6-15-40(45)41-28-26-37(31-47(41)51)50(46-19-10-17-39-38-14-5-4-11-34(38)29-44(39)46)36-24-21-32(22-25-36)33-23-27-43-42-16-7-9-20-48(42)52-49(43)30-33/h1-28,30-31H,29H2. The first-order chi connectivity index (χ1) is 25.8. The molecule has 0 fully saturated rings. The summed E-state index contributed by atoms with van der Waals surface area (Å²) in [6.07, 6.45) is 0.919. The molecule has 244 valence electrons. The molecule has 3 heteroatoms. The zero-order valence-corrected chi connectivity index (χ0v) is 30.0. The molecule has 0 amide bonds. The minimum Gasteiger partial charge on any atom is -0.0602 e. The van der Waals surface area contributed by atoms with Gasteiger partial charge in [-0.25, -0.2) is 0 Å². The van der Waals surface area contributed by atoms with E-state index in [-0.39, 0.29) is 0 Å². The molecule has 0 N–H and O–H groups in total. The predicted molar refractivity (Wildman–Crippen MR) is 221 cm³/mol. The van der Waals surface area contributed by atoms with Crippen LogP contribution in [0.15, 0.2) is 182 Å². The molecule has 2 aromatic heterocycles. The molecule has 8 aromatic carbocycles. The monoisotopic (exact) mass is 728 g/mol. The fraction of sp³-hybridized carbons (Fsp3) is 0.0204. The summed E-state index contributed by atoms with van der Waals surface area (Å²) in [7, 11) is 0. The Labute approximate surface area is 308 Å². The first-order valence-corrected chi connectivity index (χ1v) is 19.6. The summed E-state index contributed by atoms with van der Waals surface area (Å²) in [4.78, 5) is 2.48. The maximum absolute atomic E-state index is 2.48. The van der Waals surface area contributed by atoms with Crippen LogP contribution >= 0.6 is 0 Å². The summed E-state index contributed by atoms with van der Waals surface area (Å²) in [5, 5.41) is 5.31. The molecule has 52 heavy (non-hydrogen) atoms. The smallest absolute Gasteiger partial charge is 0.0380 e. The van der Waals surface area contributed by atoms with Gasteiger partial charge in [0, 0.05) is 11.1 Å². The third-order valence-corrected chi connectivity index (χ3v) is 13.2. The molecule has 0 radical (unpaired) electrons. The van der Waals surface area contributed by atoms with E-state index in [4.69, 9.17) is 0 Å². The van der Waals surface area contributed by atoms with Crippen LogP contribution in [0.4, 0.5) is 17.1 Å². The summed E-state index contributed by atoms with van der Waals surface area (Å²) >= 11 is 0.338. The van der Waals surface area contributed by atoms with Crippen molar-refractivity contribution in [2.45, 2.75) is 6.42 Å². The van der Waals surface area contributed by atoms with Gasteiger partial charge in [-0.3, -0.25) is 0 Å². The van der Waals surface area contributed by atoms with E-state index in [1.54, 1.807) is 0 Å². The normalized spacial score (nSPS) is 12.2. The van der Waals surface area contributed by atoms with Gasteiger partial charge < -0.3 is 0 Å². The summed E-state index contributed by atoms with van der Waals surface area (Å²) < 4.78 is 5.36. The van der Waals surface area contributed by atoms with Gasteiger partial charge in [0.15, 0.2) is 0 Å². The van der Waals surface area contributed by atoms with E-state index < -0.39 is 0 Å². The predicted octanol–water partition coefficient (Wildman–Crippen LogP) is 12.9. The molecule has 10 aromatic rings.